The molecule has 134 valence electrons. The number of carbonyl (C=O) groups is 2. The quantitative estimate of drug-likeness (QED) is 0.728. The van der Waals surface area contributed by atoms with E-state index in [0.717, 1.165) is 11.4 Å². The largest absolute Gasteiger partial charge is 0.484 e. The van der Waals surface area contributed by atoms with E-state index < -0.39 is 0 Å². The number of benzene rings is 1. The van der Waals surface area contributed by atoms with Crippen LogP contribution < -0.4 is 15.4 Å². The number of aryl methyl sites for hydroxylation is 2. The zero-order chi connectivity index (χ0) is 18.7. The van der Waals surface area contributed by atoms with Gasteiger partial charge in [-0.2, -0.15) is 5.10 Å². The van der Waals surface area contributed by atoms with E-state index in [2.05, 4.69) is 20.7 Å². The van der Waals surface area contributed by atoms with E-state index in [9.17, 15) is 9.59 Å². The highest BCUT2D eigenvalue weighted by atomic mass is 16.5. The number of hydrogen-bond acceptors (Lipinski definition) is 5. The Morgan fingerprint density at radius 3 is 2.81 bits per heavy atom. The SMILES string of the molecule is CNC(=O)COc1cccc(NC(=O)c2cnn3c(C)cc(C)nc23)c1. The van der Waals surface area contributed by atoms with Gasteiger partial charge >= 0.3 is 0 Å². The molecule has 0 saturated heterocycles. The third-order valence-corrected chi connectivity index (χ3v) is 3.76. The summed E-state index contributed by atoms with van der Waals surface area (Å²) < 4.78 is 7.01. The number of nitrogens with one attached hydrogen (secondary N) is 2. The number of nitrogens with zero attached hydrogens (tertiary/aromatic N) is 3. The smallest absolute Gasteiger partial charge is 0.261 e. The molecule has 0 saturated carbocycles. The molecule has 0 aliphatic heterocycles. The molecule has 8 nitrogen and oxygen atoms in total. The van der Waals surface area contributed by atoms with E-state index in [1.807, 2.05) is 19.9 Å². The van der Waals surface area contributed by atoms with Crippen LogP contribution in [0.3, 0.4) is 0 Å². The second-order valence-electron chi connectivity index (χ2n) is 5.78. The van der Waals surface area contributed by atoms with Crippen LogP contribution >= 0.6 is 0 Å². The molecule has 3 aromatic rings. The van der Waals surface area contributed by atoms with Crippen molar-refractivity contribution in [2.45, 2.75) is 13.8 Å². The summed E-state index contributed by atoms with van der Waals surface area (Å²) in [6, 6.07) is 8.73. The van der Waals surface area contributed by atoms with Crippen molar-refractivity contribution in [3.8, 4) is 5.75 Å². The summed E-state index contributed by atoms with van der Waals surface area (Å²) in [5, 5.41) is 9.50. The number of carbonyl (C=O) groups excluding carboxylic acids is 2. The van der Waals surface area contributed by atoms with Crippen LogP contribution in [0.2, 0.25) is 0 Å². The van der Waals surface area contributed by atoms with Crippen LogP contribution in [0.1, 0.15) is 21.7 Å². The van der Waals surface area contributed by atoms with Gasteiger partial charge in [-0.25, -0.2) is 9.50 Å². The van der Waals surface area contributed by atoms with Crippen molar-refractivity contribution in [1.29, 1.82) is 0 Å². The maximum Gasteiger partial charge on any atom is 0.261 e. The van der Waals surface area contributed by atoms with Gasteiger partial charge in [-0.3, -0.25) is 9.59 Å². The van der Waals surface area contributed by atoms with Crippen molar-refractivity contribution in [1.82, 2.24) is 19.9 Å². The Bertz CT molecular complexity index is 980. The summed E-state index contributed by atoms with van der Waals surface area (Å²) in [5.74, 6) is -0.0698. The molecule has 0 aliphatic carbocycles. The first-order valence-electron chi connectivity index (χ1n) is 8.04. The number of anilines is 1. The summed E-state index contributed by atoms with van der Waals surface area (Å²) in [6.45, 7) is 3.68. The van der Waals surface area contributed by atoms with E-state index in [4.69, 9.17) is 4.74 Å². The van der Waals surface area contributed by atoms with E-state index in [-0.39, 0.29) is 18.4 Å². The average molecular weight is 353 g/mol. The number of amides is 2. The molecule has 26 heavy (non-hydrogen) atoms. The van der Waals surface area contributed by atoms with Crippen molar-refractivity contribution < 1.29 is 14.3 Å². The molecule has 0 bridgehead atoms. The predicted molar refractivity (Wildman–Crippen MR) is 96.4 cm³/mol. The van der Waals surface area contributed by atoms with Crippen LogP contribution in [-0.4, -0.2) is 40.1 Å². The van der Waals surface area contributed by atoms with Crippen molar-refractivity contribution >= 4 is 23.1 Å². The lowest BCUT2D eigenvalue weighted by Crippen LogP contribution is -2.24. The number of fused-ring (bicyclic) bond motifs is 1. The fourth-order valence-electron chi connectivity index (χ4n) is 2.51. The minimum Gasteiger partial charge on any atom is -0.484 e. The molecule has 2 amide bonds. The lowest BCUT2D eigenvalue weighted by molar-refractivity contribution is -0.122. The van der Waals surface area contributed by atoms with Crippen molar-refractivity contribution in [3.63, 3.8) is 0 Å². The molecule has 1 aromatic carbocycles. The lowest BCUT2D eigenvalue weighted by Gasteiger charge is -2.08. The van der Waals surface area contributed by atoms with Gasteiger partial charge in [0.1, 0.15) is 11.3 Å². The third-order valence-electron chi connectivity index (χ3n) is 3.76. The van der Waals surface area contributed by atoms with Crippen LogP contribution in [-0.2, 0) is 4.79 Å². The topological polar surface area (TPSA) is 97.6 Å². The molecule has 2 aromatic heterocycles. The van der Waals surface area contributed by atoms with Gasteiger partial charge in [0, 0.05) is 30.2 Å². The number of rotatable bonds is 5. The molecule has 0 atom stereocenters. The van der Waals surface area contributed by atoms with Crippen LogP contribution in [0.15, 0.2) is 36.5 Å². The molecule has 0 spiro atoms. The molecular weight excluding hydrogens is 334 g/mol. The summed E-state index contributed by atoms with van der Waals surface area (Å²) in [7, 11) is 1.54. The van der Waals surface area contributed by atoms with E-state index in [0.29, 0.717) is 22.6 Å². The summed E-state index contributed by atoms with van der Waals surface area (Å²) in [6.07, 6.45) is 1.50. The van der Waals surface area contributed by atoms with Crippen molar-refractivity contribution in [2.24, 2.45) is 0 Å². The van der Waals surface area contributed by atoms with Crippen LogP contribution in [0.25, 0.3) is 5.65 Å². The fraction of sp³-hybridized carbons (Fsp3) is 0.222. The zero-order valence-electron chi connectivity index (χ0n) is 14.7. The molecule has 2 N–H and O–H groups in total. The molecular formula is C18H19N5O3. The van der Waals surface area contributed by atoms with Crippen LogP contribution in [0, 0.1) is 13.8 Å². The Morgan fingerprint density at radius 1 is 1.23 bits per heavy atom. The van der Waals surface area contributed by atoms with E-state index in [1.54, 1.807) is 28.8 Å². The molecule has 0 radical (unpaired) electrons. The minimum absolute atomic E-state index is 0.0928. The number of aromatic nitrogens is 3. The first-order chi connectivity index (χ1) is 12.5. The molecule has 0 unspecified atom stereocenters. The molecule has 8 heteroatoms. The Hall–Kier alpha value is -3.42. The van der Waals surface area contributed by atoms with Gasteiger partial charge in [0.2, 0.25) is 0 Å². The number of likely N-dealkylation sites (N-methyl/N-ethyl adjacent to an activating group) is 1. The average Bonchev–Trinajstić information content (AvgIpc) is 3.04. The van der Waals surface area contributed by atoms with E-state index >= 15 is 0 Å². The van der Waals surface area contributed by atoms with E-state index in [1.165, 1.54) is 13.2 Å². The van der Waals surface area contributed by atoms with Gasteiger partial charge in [-0.1, -0.05) is 6.07 Å². The summed E-state index contributed by atoms with van der Waals surface area (Å²) in [4.78, 5) is 28.3. The molecule has 2 heterocycles. The summed E-state index contributed by atoms with van der Waals surface area (Å²) in [5.41, 5.74) is 3.15. The standard InChI is InChI=1S/C18H19N5O3/c1-11-7-12(2)23-17(21-11)15(9-20-23)18(25)22-13-5-4-6-14(8-13)26-10-16(24)19-3/h4-9H,10H2,1-3H3,(H,19,24)(H,22,25). The Balaban J connectivity index is 1.79. The monoisotopic (exact) mass is 353 g/mol. The molecule has 0 fully saturated rings. The number of ether oxygens (including phenoxy) is 1. The maximum atomic E-state index is 12.6. The first kappa shape index (κ1) is 17.4. The number of hydrogen-bond donors (Lipinski definition) is 2. The van der Waals surface area contributed by atoms with Crippen molar-refractivity contribution in [3.05, 3.63) is 53.5 Å². The highest BCUT2D eigenvalue weighted by Gasteiger charge is 2.16. The normalized spacial score (nSPS) is 10.6. The van der Waals surface area contributed by atoms with Gasteiger partial charge in [0.05, 0.1) is 6.20 Å². The lowest BCUT2D eigenvalue weighted by atomic mass is 10.2. The van der Waals surface area contributed by atoms with Gasteiger partial charge in [0.25, 0.3) is 11.8 Å². The van der Waals surface area contributed by atoms with Crippen LogP contribution in [0.4, 0.5) is 5.69 Å². The predicted octanol–water partition coefficient (Wildman–Crippen LogP) is 1.72. The maximum absolute atomic E-state index is 12.6. The fourth-order valence-corrected chi connectivity index (χ4v) is 2.51. The zero-order valence-corrected chi connectivity index (χ0v) is 14.7. The summed E-state index contributed by atoms with van der Waals surface area (Å²) >= 11 is 0. The highest BCUT2D eigenvalue weighted by molar-refractivity contribution is 6.08. The minimum atomic E-state index is -0.319. The molecule has 0 aliphatic rings. The van der Waals surface area contributed by atoms with Crippen molar-refractivity contribution in [2.75, 3.05) is 19.0 Å². The Morgan fingerprint density at radius 2 is 2.04 bits per heavy atom. The Kier molecular flexibility index (Phi) is 4.83. The Labute approximate surface area is 150 Å². The van der Waals surface area contributed by atoms with Gasteiger partial charge in [-0.15, -0.1) is 0 Å². The van der Waals surface area contributed by atoms with Gasteiger partial charge in [0.15, 0.2) is 12.3 Å². The van der Waals surface area contributed by atoms with Gasteiger partial charge < -0.3 is 15.4 Å². The van der Waals surface area contributed by atoms with Gasteiger partial charge in [-0.05, 0) is 32.0 Å². The van der Waals surface area contributed by atoms with Crippen LogP contribution in [0.5, 0.6) is 5.75 Å². The third kappa shape index (κ3) is 3.64. The molecule has 3 rings (SSSR count). The second-order valence-corrected chi connectivity index (χ2v) is 5.78. The highest BCUT2D eigenvalue weighted by Crippen LogP contribution is 2.19. The second kappa shape index (κ2) is 7.22. The first-order valence-corrected chi connectivity index (χ1v) is 8.04.